The van der Waals surface area contributed by atoms with Crippen LogP contribution >= 0.6 is 11.6 Å². The molecule has 0 bridgehead atoms. The number of pyridine rings is 1. The Hall–Kier alpha value is -3.63. The van der Waals surface area contributed by atoms with E-state index in [0.29, 0.717) is 32.4 Å². The molecule has 1 saturated heterocycles. The number of alkyl halides is 3. The molecule has 0 saturated carbocycles. The Labute approximate surface area is 247 Å². The number of halogens is 4. The Morgan fingerprint density at radius 2 is 1.74 bits per heavy atom. The van der Waals surface area contributed by atoms with Crippen LogP contribution in [0, 0.1) is 0 Å². The van der Waals surface area contributed by atoms with Crippen molar-refractivity contribution in [2.24, 2.45) is 0 Å². The Kier molecular flexibility index (Phi) is 7.74. The molecule has 3 aromatic rings. The average Bonchev–Trinajstić information content (AvgIpc) is 3.22. The van der Waals surface area contributed by atoms with E-state index in [0.717, 1.165) is 35.0 Å². The number of ether oxygens (including phenoxy) is 1. The molecule has 2 heterocycles. The molecule has 0 spiro atoms. The smallest absolute Gasteiger partial charge is 0.449 e. The molecule has 1 amide bonds. The summed E-state index contributed by atoms with van der Waals surface area (Å²) in [5.41, 5.74) is 1.17. The number of carboxylic acid groups (broad SMARTS) is 1. The molecule has 1 aliphatic carbocycles. The minimum Gasteiger partial charge on any atom is -0.449 e. The number of amides is 1. The Morgan fingerprint density at radius 1 is 1.07 bits per heavy atom. The summed E-state index contributed by atoms with van der Waals surface area (Å²) in [5.74, 6) is -0.390. The summed E-state index contributed by atoms with van der Waals surface area (Å²) in [4.78, 5) is 32.3. The summed E-state index contributed by atoms with van der Waals surface area (Å²) in [6, 6.07) is 11.0. The summed E-state index contributed by atoms with van der Waals surface area (Å²) in [5, 5.41) is 9.18. The number of hydrogen-bond acceptors (Lipinski definition) is 5. The summed E-state index contributed by atoms with van der Waals surface area (Å²) < 4.78 is 46.0. The highest BCUT2D eigenvalue weighted by molar-refractivity contribution is 6.33. The van der Waals surface area contributed by atoms with Crippen molar-refractivity contribution >= 4 is 29.4 Å². The number of nitrogens with zero attached hydrogens (tertiary/aromatic N) is 3. The Bertz CT molecular complexity index is 1510. The summed E-state index contributed by atoms with van der Waals surface area (Å²) in [6.45, 7) is 5.36. The maximum atomic E-state index is 14.7. The zero-order valence-electron chi connectivity index (χ0n) is 23.5. The lowest BCUT2D eigenvalue weighted by atomic mass is 9.86. The van der Waals surface area contributed by atoms with Gasteiger partial charge in [-0.25, -0.2) is 14.1 Å². The fraction of sp³-hybridized carbons (Fsp3) is 0.387. The van der Waals surface area contributed by atoms with Crippen LogP contribution in [0.15, 0.2) is 60.9 Å². The predicted octanol–water partition coefficient (Wildman–Crippen LogP) is 7.49. The number of carbonyl (C=O) groups excluding carboxylic acids is 1. The van der Waals surface area contributed by atoms with Crippen molar-refractivity contribution in [3.63, 3.8) is 0 Å². The van der Waals surface area contributed by atoms with E-state index in [2.05, 4.69) is 9.88 Å². The van der Waals surface area contributed by atoms with Gasteiger partial charge in [-0.15, -0.1) is 0 Å². The molecule has 1 fully saturated rings. The number of aromatic nitrogens is 1. The largest absolute Gasteiger partial charge is 0.511 e. The van der Waals surface area contributed by atoms with E-state index in [9.17, 15) is 27.9 Å². The molecule has 222 valence electrons. The van der Waals surface area contributed by atoms with Crippen molar-refractivity contribution in [3.05, 3.63) is 88.2 Å². The molecule has 42 heavy (non-hydrogen) atoms. The lowest BCUT2D eigenvalue weighted by Crippen LogP contribution is -2.61. The van der Waals surface area contributed by atoms with Crippen LogP contribution in [0.25, 0.3) is 0 Å². The van der Waals surface area contributed by atoms with Gasteiger partial charge in [-0.05, 0) is 53.4 Å². The quantitative estimate of drug-likeness (QED) is 0.185. The molecular weight excluding hydrogens is 571 g/mol. The number of quaternary nitrogens is 1. The zero-order valence-corrected chi connectivity index (χ0v) is 24.2. The third-order valence-corrected chi connectivity index (χ3v) is 9.21. The second-order valence-corrected chi connectivity index (χ2v) is 12.2. The van der Waals surface area contributed by atoms with E-state index in [1.165, 1.54) is 0 Å². The third kappa shape index (κ3) is 5.45. The first-order chi connectivity index (χ1) is 19.7. The molecule has 2 atom stereocenters. The molecule has 2 aromatic carbocycles. The van der Waals surface area contributed by atoms with E-state index in [-0.39, 0.29) is 26.9 Å². The number of carbonyl (C=O) groups is 2. The van der Waals surface area contributed by atoms with Gasteiger partial charge in [0.2, 0.25) is 0 Å². The maximum Gasteiger partial charge on any atom is 0.511 e. The highest BCUT2D eigenvalue weighted by atomic mass is 35.5. The normalized spacial score (nSPS) is 20.1. The fourth-order valence-corrected chi connectivity index (χ4v) is 6.88. The van der Waals surface area contributed by atoms with Crippen molar-refractivity contribution in [1.82, 2.24) is 4.98 Å². The predicted molar refractivity (Wildman–Crippen MR) is 152 cm³/mol. The summed E-state index contributed by atoms with van der Waals surface area (Å²) in [7, 11) is 1.78. The molecule has 5 rings (SSSR count). The van der Waals surface area contributed by atoms with Crippen LogP contribution in [0.2, 0.25) is 5.02 Å². The highest BCUT2D eigenvalue weighted by Gasteiger charge is 2.55. The maximum absolute atomic E-state index is 14.7. The van der Waals surface area contributed by atoms with Crippen molar-refractivity contribution in [2.45, 2.75) is 56.8 Å². The number of benzene rings is 2. The van der Waals surface area contributed by atoms with Crippen molar-refractivity contribution < 1.29 is 37.1 Å². The first-order valence-corrected chi connectivity index (χ1v) is 14.1. The molecule has 2 aliphatic rings. The number of fused-ring (bicyclic) bond motifs is 1. The van der Waals surface area contributed by atoms with E-state index in [1.807, 2.05) is 32.0 Å². The minimum absolute atomic E-state index is 0.0491. The molecule has 0 radical (unpaired) electrons. The van der Waals surface area contributed by atoms with Gasteiger partial charge in [0.1, 0.15) is 11.8 Å². The van der Waals surface area contributed by atoms with Crippen molar-refractivity contribution in [3.8, 4) is 5.75 Å². The van der Waals surface area contributed by atoms with Gasteiger partial charge in [-0.2, -0.15) is 13.2 Å². The first-order valence-electron chi connectivity index (χ1n) is 13.7. The van der Waals surface area contributed by atoms with Crippen LogP contribution in [-0.4, -0.2) is 52.8 Å². The number of anilines is 1. The minimum atomic E-state index is -4.65. The molecule has 2 unspecified atom stereocenters. The standard InChI is InChI=1S/C31H31ClF3N3O4/c1-30(2)18-27(23-17-22(42-29(40)41)5-6-25(23)30)38(3,21-10-14-37(15-11-21)20-8-12-36-13-9-20)28(39)24-16-19(31(33,34)35)4-7-26(24)32/h4-9,12-13,16-17,21,27H,10-11,14-15,18H2,1-3H3/p+1. The highest BCUT2D eigenvalue weighted by Crippen LogP contribution is 2.53. The molecular formula is C31H32ClF3N3O4+. The lowest BCUT2D eigenvalue weighted by Gasteiger charge is -2.47. The summed E-state index contributed by atoms with van der Waals surface area (Å²) >= 11 is 6.44. The molecule has 7 nitrogen and oxygen atoms in total. The van der Waals surface area contributed by atoms with Gasteiger partial charge >= 0.3 is 18.2 Å². The number of hydrogen-bond donors (Lipinski definition) is 1. The Balaban J connectivity index is 1.61. The molecule has 11 heteroatoms. The summed E-state index contributed by atoms with van der Waals surface area (Å²) in [6.07, 6.45) is -0.968. The SMILES string of the molecule is CC1(C)CC([N+](C)(C(=O)c2cc(C(F)(F)F)ccc2Cl)C2CCN(c3ccncc3)CC2)c2cc(OC(=O)O)ccc21. The van der Waals surface area contributed by atoms with Gasteiger partial charge in [0, 0.05) is 56.0 Å². The van der Waals surface area contributed by atoms with Gasteiger partial charge in [0.25, 0.3) is 0 Å². The van der Waals surface area contributed by atoms with E-state index < -0.39 is 35.3 Å². The van der Waals surface area contributed by atoms with E-state index in [4.69, 9.17) is 16.3 Å². The number of rotatable bonds is 5. The van der Waals surface area contributed by atoms with Gasteiger partial charge in [-0.1, -0.05) is 31.5 Å². The topological polar surface area (TPSA) is 79.7 Å². The molecule has 1 N–H and O–H groups in total. The number of piperidine rings is 1. The zero-order chi connectivity index (χ0) is 30.4. The van der Waals surface area contributed by atoms with Gasteiger partial charge in [-0.3, -0.25) is 4.98 Å². The van der Waals surface area contributed by atoms with Crippen LogP contribution in [-0.2, 0) is 11.6 Å². The van der Waals surface area contributed by atoms with E-state index in [1.54, 1.807) is 31.6 Å². The van der Waals surface area contributed by atoms with Crippen LogP contribution in [0.3, 0.4) is 0 Å². The Morgan fingerprint density at radius 3 is 2.36 bits per heavy atom. The third-order valence-electron chi connectivity index (χ3n) is 8.88. The monoisotopic (exact) mass is 602 g/mol. The second kappa shape index (κ2) is 10.9. The molecule has 1 aromatic heterocycles. The van der Waals surface area contributed by atoms with Gasteiger partial charge in [0.15, 0.2) is 0 Å². The van der Waals surface area contributed by atoms with Crippen molar-refractivity contribution in [2.75, 3.05) is 25.0 Å². The lowest BCUT2D eigenvalue weighted by molar-refractivity contribution is -0.887. The van der Waals surface area contributed by atoms with Crippen LogP contribution in [0.1, 0.15) is 66.2 Å². The second-order valence-electron chi connectivity index (χ2n) is 11.8. The molecule has 1 aliphatic heterocycles. The van der Waals surface area contributed by atoms with Crippen LogP contribution < -0.4 is 9.64 Å². The van der Waals surface area contributed by atoms with E-state index >= 15 is 0 Å². The van der Waals surface area contributed by atoms with Crippen LogP contribution in [0.4, 0.5) is 23.7 Å². The van der Waals surface area contributed by atoms with Crippen molar-refractivity contribution in [1.29, 1.82) is 0 Å². The fourth-order valence-electron chi connectivity index (χ4n) is 6.68. The first kappa shape index (κ1) is 29.8. The van der Waals surface area contributed by atoms with Gasteiger partial charge < -0.3 is 14.7 Å². The average molecular weight is 603 g/mol. The van der Waals surface area contributed by atoms with Gasteiger partial charge in [0.05, 0.1) is 29.2 Å². The van der Waals surface area contributed by atoms with Crippen LogP contribution in [0.5, 0.6) is 5.75 Å².